The van der Waals surface area contributed by atoms with Gasteiger partial charge in [-0.3, -0.25) is 0 Å². The fourth-order valence-corrected chi connectivity index (χ4v) is 1.30. The van der Waals surface area contributed by atoms with E-state index < -0.39 is 0 Å². The Morgan fingerprint density at radius 2 is 2.20 bits per heavy atom. The van der Waals surface area contributed by atoms with Gasteiger partial charge in [-0.2, -0.15) is 0 Å². The smallest absolute Gasteiger partial charge is 0.247 e. The molecule has 0 saturated carbocycles. The third kappa shape index (κ3) is 1.84. The van der Waals surface area contributed by atoms with Gasteiger partial charge in [0.05, 0.1) is 6.04 Å². The molecule has 0 aromatic heterocycles. The van der Waals surface area contributed by atoms with E-state index in [1.165, 1.54) is 0 Å². The molecule has 0 bridgehead atoms. The van der Waals surface area contributed by atoms with Crippen LogP contribution in [0.2, 0.25) is 0 Å². The molecule has 0 fully saturated rings. The van der Waals surface area contributed by atoms with Crippen LogP contribution >= 0.6 is 22.6 Å². The lowest BCUT2D eigenvalue weighted by atomic mass is 9.88. The Kier molecular flexibility index (Phi) is 2.22. The minimum absolute atomic E-state index is 0.243. The van der Waals surface area contributed by atoms with Crippen molar-refractivity contribution in [3.63, 3.8) is 0 Å². The number of nitrogens with zero attached hydrogens (tertiary/aromatic N) is 1. The van der Waals surface area contributed by atoms with Gasteiger partial charge < -0.3 is 4.74 Å². The average molecular weight is 253 g/mol. The van der Waals surface area contributed by atoms with Crippen LogP contribution < -0.4 is 0 Å². The monoisotopic (exact) mass is 253 g/mol. The molecule has 1 unspecified atom stereocenters. The molecule has 0 saturated heterocycles. The maximum absolute atomic E-state index is 5.23. The predicted octanol–water partition coefficient (Wildman–Crippen LogP) is 2.22. The van der Waals surface area contributed by atoms with Gasteiger partial charge in [-0.1, -0.05) is 20.8 Å². The van der Waals surface area contributed by atoms with Crippen molar-refractivity contribution in [2.45, 2.75) is 26.8 Å². The molecule has 1 aliphatic heterocycles. The molecule has 2 nitrogen and oxygen atoms in total. The normalized spacial score (nSPS) is 26.0. The van der Waals surface area contributed by atoms with Gasteiger partial charge >= 0.3 is 0 Å². The van der Waals surface area contributed by atoms with Crippen LogP contribution in [0.3, 0.4) is 0 Å². The van der Waals surface area contributed by atoms with Crippen molar-refractivity contribution < 1.29 is 4.74 Å². The van der Waals surface area contributed by atoms with E-state index >= 15 is 0 Å². The molecule has 1 rings (SSSR count). The number of rotatable bonds is 0. The van der Waals surface area contributed by atoms with E-state index in [2.05, 4.69) is 48.4 Å². The van der Waals surface area contributed by atoms with Crippen molar-refractivity contribution in [3.8, 4) is 0 Å². The molecular formula is C7H12INO. The molecule has 0 aliphatic carbocycles. The second-order valence-electron chi connectivity index (χ2n) is 3.57. The summed E-state index contributed by atoms with van der Waals surface area (Å²) in [5.41, 5.74) is 0.243. The first-order chi connectivity index (χ1) is 4.50. The summed E-state index contributed by atoms with van der Waals surface area (Å²) in [6.07, 6.45) is 0. The first kappa shape index (κ1) is 8.30. The van der Waals surface area contributed by atoms with Crippen LogP contribution in [0.25, 0.3) is 0 Å². The van der Waals surface area contributed by atoms with Gasteiger partial charge in [0.25, 0.3) is 0 Å². The van der Waals surface area contributed by atoms with E-state index in [9.17, 15) is 0 Å². The van der Waals surface area contributed by atoms with Crippen LogP contribution in [0.15, 0.2) is 4.99 Å². The van der Waals surface area contributed by atoms with Crippen molar-refractivity contribution in [1.82, 2.24) is 0 Å². The fourth-order valence-electron chi connectivity index (χ4n) is 0.788. The molecule has 0 amide bonds. The van der Waals surface area contributed by atoms with Crippen LogP contribution in [0.5, 0.6) is 0 Å². The Morgan fingerprint density at radius 1 is 1.60 bits per heavy atom. The highest BCUT2D eigenvalue weighted by Gasteiger charge is 2.29. The number of aliphatic imine (C=N–C) groups is 1. The Morgan fingerprint density at radius 3 is 2.40 bits per heavy atom. The number of halogens is 1. The van der Waals surface area contributed by atoms with Crippen LogP contribution in [-0.4, -0.2) is 16.6 Å². The van der Waals surface area contributed by atoms with E-state index in [-0.39, 0.29) is 5.41 Å². The lowest BCUT2D eigenvalue weighted by Gasteiger charge is -2.21. The lowest BCUT2D eigenvalue weighted by Crippen LogP contribution is -2.25. The third-order valence-electron chi connectivity index (χ3n) is 1.62. The average Bonchev–Trinajstić information content (AvgIpc) is 2.11. The molecule has 0 N–H and O–H groups in total. The molecular weight excluding hydrogens is 241 g/mol. The quantitative estimate of drug-likeness (QED) is 0.606. The maximum Gasteiger partial charge on any atom is 0.247 e. The molecule has 0 aromatic rings. The zero-order valence-corrected chi connectivity index (χ0v) is 8.68. The maximum atomic E-state index is 5.23. The first-order valence-corrected chi connectivity index (χ1v) is 4.44. The van der Waals surface area contributed by atoms with Crippen molar-refractivity contribution in [3.05, 3.63) is 0 Å². The summed E-state index contributed by atoms with van der Waals surface area (Å²) in [5, 5.41) is 0. The van der Waals surface area contributed by atoms with Crippen molar-refractivity contribution in [1.29, 1.82) is 0 Å². The van der Waals surface area contributed by atoms with Crippen molar-refractivity contribution in [2.75, 3.05) is 6.61 Å². The summed E-state index contributed by atoms with van der Waals surface area (Å²) in [6, 6.07) is 0.347. The van der Waals surface area contributed by atoms with E-state index in [0.29, 0.717) is 6.04 Å². The Bertz CT molecular complexity index is 159. The first-order valence-electron chi connectivity index (χ1n) is 3.36. The van der Waals surface area contributed by atoms with Crippen LogP contribution in [0, 0.1) is 5.41 Å². The molecule has 0 radical (unpaired) electrons. The molecule has 1 atom stereocenters. The molecule has 58 valence electrons. The van der Waals surface area contributed by atoms with Gasteiger partial charge in [0.1, 0.15) is 6.61 Å². The minimum Gasteiger partial charge on any atom is -0.471 e. The fraction of sp³-hybridized carbons (Fsp3) is 0.857. The molecule has 10 heavy (non-hydrogen) atoms. The highest BCUT2D eigenvalue weighted by molar-refractivity contribution is 14.1. The zero-order chi connectivity index (χ0) is 7.78. The second kappa shape index (κ2) is 2.68. The molecule has 0 aromatic carbocycles. The summed E-state index contributed by atoms with van der Waals surface area (Å²) in [5.74, 6) is 0. The van der Waals surface area contributed by atoms with Gasteiger partial charge in [0.2, 0.25) is 3.90 Å². The van der Waals surface area contributed by atoms with Crippen LogP contribution in [0.1, 0.15) is 20.8 Å². The second-order valence-corrected chi connectivity index (χ2v) is 4.50. The minimum atomic E-state index is 0.243. The van der Waals surface area contributed by atoms with Gasteiger partial charge in [-0.25, -0.2) is 4.99 Å². The largest absolute Gasteiger partial charge is 0.471 e. The van der Waals surface area contributed by atoms with Gasteiger partial charge in [-0.15, -0.1) is 0 Å². The standard InChI is InChI=1S/C7H12INO/c1-7(2,3)5-4-10-6(8)9-5/h5H,4H2,1-3H3. The molecule has 1 aliphatic rings. The number of hydrogen-bond donors (Lipinski definition) is 0. The van der Waals surface area contributed by atoms with Crippen molar-refractivity contribution in [2.24, 2.45) is 10.4 Å². The summed E-state index contributed by atoms with van der Waals surface area (Å²) >= 11 is 2.11. The van der Waals surface area contributed by atoms with Gasteiger partial charge in [-0.05, 0) is 5.41 Å². The van der Waals surface area contributed by atoms with Crippen LogP contribution in [0.4, 0.5) is 0 Å². The Balaban J connectivity index is 2.61. The topological polar surface area (TPSA) is 21.6 Å². The van der Waals surface area contributed by atoms with Crippen molar-refractivity contribution >= 4 is 26.5 Å². The van der Waals surface area contributed by atoms with E-state index in [0.717, 1.165) is 10.5 Å². The van der Waals surface area contributed by atoms with Crippen LogP contribution in [-0.2, 0) is 4.74 Å². The summed E-state index contributed by atoms with van der Waals surface area (Å²) in [6.45, 7) is 7.29. The highest BCUT2D eigenvalue weighted by Crippen LogP contribution is 2.26. The predicted molar refractivity (Wildman–Crippen MR) is 50.7 cm³/mol. The molecule has 0 spiro atoms. The van der Waals surface area contributed by atoms with Gasteiger partial charge in [0, 0.05) is 22.6 Å². The highest BCUT2D eigenvalue weighted by atomic mass is 127. The molecule has 3 heteroatoms. The van der Waals surface area contributed by atoms with E-state index in [1.54, 1.807) is 0 Å². The van der Waals surface area contributed by atoms with E-state index in [1.807, 2.05) is 0 Å². The lowest BCUT2D eigenvalue weighted by molar-refractivity contribution is 0.239. The Labute approximate surface area is 75.2 Å². The third-order valence-corrected chi connectivity index (χ3v) is 2.21. The zero-order valence-electron chi connectivity index (χ0n) is 6.52. The summed E-state index contributed by atoms with van der Waals surface area (Å²) in [7, 11) is 0. The SMILES string of the molecule is CC(C)(C)C1COC(I)=N1. The van der Waals surface area contributed by atoms with Gasteiger partial charge in [0.15, 0.2) is 0 Å². The summed E-state index contributed by atoms with van der Waals surface area (Å²) in [4.78, 5) is 4.34. The van der Waals surface area contributed by atoms with E-state index in [4.69, 9.17) is 4.74 Å². The number of ether oxygens (including phenoxy) is 1. The summed E-state index contributed by atoms with van der Waals surface area (Å²) < 4.78 is 6.03. The Hall–Kier alpha value is 0.200. The molecule has 1 heterocycles. The number of hydrogen-bond acceptors (Lipinski definition) is 2.